The second-order valence-electron chi connectivity index (χ2n) is 3.08. The number of aromatic nitrogens is 2. The van der Waals surface area contributed by atoms with Gasteiger partial charge in [0.2, 0.25) is 0 Å². The lowest BCUT2D eigenvalue weighted by atomic mass is 10.1. The molecular weight excluding hydrogens is 190 g/mol. The van der Waals surface area contributed by atoms with Crippen molar-refractivity contribution >= 4 is 5.69 Å². The van der Waals surface area contributed by atoms with Gasteiger partial charge in [0, 0.05) is 18.0 Å². The lowest BCUT2D eigenvalue weighted by Gasteiger charge is -2.06. The second-order valence-corrected chi connectivity index (χ2v) is 3.08. The summed E-state index contributed by atoms with van der Waals surface area (Å²) in [5, 5.41) is 0. The predicted octanol–water partition coefficient (Wildman–Crippen LogP) is 1.73. The molecule has 0 aliphatic heterocycles. The number of hydrogen-bond donors (Lipinski definition) is 1. The first-order chi connectivity index (χ1) is 7.31. The minimum Gasteiger partial charge on any atom is -0.495 e. The fourth-order valence-corrected chi connectivity index (χ4v) is 1.34. The number of nitrogens with two attached hydrogens (primary N) is 1. The molecule has 0 unspecified atom stereocenters. The first-order valence-electron chi connectivity index (χ1n) is 4.50. The Balaban J connectivity index is 2.46. The van der Waals surface area contributed by atoms with E-state index in [4.69, 9.17) is 10.5 Å². The van der Waals surface area contributed by atoms with Crippen molar-refractivity contribution in [1.82, 2.24) is 9.97 Å². The molecule has 0 spiro atoms. The van der Waals surface area contributed by atoms with E-state index in [2.05, 4.69) is 9.97 Å². The third kappa shape index (κ3) is 1.88. The van der Waals surface area contributed by atoms with E-state index in [1.807, 2.05) is 12.1 Å². The summed E-state index contributed by atoms with van der Waals surface area (Å²) in [6, 6.07) is 5.59. The molecule has 4 heteroatoms. The molecule has 2 rings (SSSR count). The Morgan fingerprint density at radius 3 is 2.53 bits per heavy atom. The number of rotatable bonds is 2. The summed E-state index contributed by atoms with van der Waals surface area (Å²) >= 11 is 0. The van der Waals surface area contributed by atoms with Crippen molar-refractivity contribution in [2.45, 2.75) is 0 Å². The van der Waals surface area contributed by atoms with Crippen molar-refractivity contribution in [2.24, 2.45) is 0 Å². The minimum atomic E-state index is 0.623. The number of anilines is 1. The van der Waals surface area contributed by atoms with Crippen LogP contribution in [0, 0.1) is 0 Å². The third-order valence-electron chi connectivity index (χ3n) is 2.13. The molecule has 76 valence electrons. The molecule has 0 saturated heterocycles. The largest absolute Gasteiger partial charge is 0.495 e. The zero-order valence-electron chi connectivity index (χ0n) is 8.34. The molecule has 15 heavy (non-hydrogen) atoms. The Hall–Kier alpha value is -2.10. The van der Waals surface area contributed by atoms with E-state index in [-0.39, 0.29) is 0 Å². The average Bonchev–Trinajstić information content (AvgIpc) is 2.31. The molecule has 0 radical (unpaired) electrons. The Morgan fingerprint density at radius 2 is 1.87 bits per heavy atom. The van der Waals surface area contributed by atoms with E-state index in [0.717, 1.165) is 11.1 Å². The van der Waals surface area contributed by atoms with E-state index in [0.29, 0.717) is 11.4 Å². The van der Waals surface area contributed by atoms with Gasteiger partial charge in [-0.25, -0.2) is 9.97 Å². The number of benzene rings is 1. The highest BCUT2D eigenvalue weighted by molar-refractivity contribution is 5.68. The minimum absolute atomic E-state index is 0.623. The zero-order valence-corrected chi connectivity index (χ0v) is 8.34. The SMILES string of the molecule is COc1cc(-c2cncnc2)ccc1N. The van der Waals surface area contributed by atoms with Crippen molar-refractivity contribution in [3.05, 3.63) is 36.9 Å². The van der Waals surface area contributed by atoms with Crippen molar-refractivity contribution in [3.8, 4) is 16.9 Å². The van der Waals surface area contributed by atoms with Crippen LogP contribution in [0.15, 0.2) is 36.9 Å². The topological polar surface area (TPSA) is 61.0 Å². The van der Waals surface area contributed by atoms with Gasteiger partial charge in [0.05, 0.1) is 12.8 Å². The van der Waals surface area contributed by atoms with Crippen LogP contribution in [0.3, 0.4) is 0 Å². The molecule has 1 aromatic carbocycles. The fourth-order valence-electron chi connectivity index (χ4n) is 1.34. The van der Waals surface area contributed by atoms with E-state index in [1.165, 1.54) is 6.33 Å². The highest BCUT2D eigenvalue weighted by Gasteiger charge is 2.03. The van der Waals surface area contributed by atoms with Gasteiger partial charge in [-0.2, -0.15) is 0 Å². The van der Waals surface area contributed by atoms with Crippen molar-refractivity contribution in [2.75, 3.05) is 12.8 Å². The van der Waals surface area contributed by atoms with Crippen LogP contribution in [0.2, 0.25) is 0 Å². The van der Waals surface area contributed by atoms with Crippen LogP contribution in [0.5, 0.6) is 5.75 Å². The molecule has 0 aliphatic rings. The van der Waals surface area contributed by atoms with Gasteiger partial charge in [0.1, 0.15) is 12.1 Å². The molecule has 2 aromatic rings. The van der Waals surface area contributed by atoms with Crippen LogP contribution in [0.1, 0.15) is 0 Å². The Bertz CT molecular complexity index is 457. The quantitative estimate of drug-likeness (QED) is 0.752. The lowest BCUT2D eigenvalue weighted by molar-refractivity contribution is 0.417. The van der Waals surface area contributed by atoms with Crippen molar-refractivity contribution < 1.29 is 4.74 Å². The molecule has 0 fully saturated rings. The molecule has 0 aliphatic carbocycles. The summed E-state index contributed by atoms with van der Waals surface area (Å²) < 4.78 is 5.14. The monoisotopic (exact) mass is 201 g/mol. The molecule has 4 nitrogen and oxygen atoms in total. The molecular formula is C11H11N3O. The third-order valence-corrected chi connectivity index (χ3v) is 2.13. The standard InChI is InChI=1S/C11H11N3O/c1-15-11-4-8(2-3-10(11)12)9-5-13-7-14-6-9/h2-7H,12H2,1H3. The molecule has 0 bridgehead atoms. The lowest BCUT2D eigenvalue weighted by Crippen LogP contribution is -1.92. The highest BCUT2D eigenvalue weighted by atomic mass is 16.5. The Labute approximate surface area is 87.7 Å². The van der Waals surface area contributed by atoms with E-state index in [1.54, 1.807) is 25.6 Å². The van der Waals surface area contributed by atoms with Crippen LogP contribution >= 0.6 is 0 Å². The molecule has 0 amide bonds. The summed E-state index contributed by atoms with van der Waals surface area (Å²) in [6.45, 7) is 0. The van der Waals surface area contributed by atoms with Gasteiger partial charge in [0.25, 0.3) is 0 Å². The van der Waals surface area contributed by atoms with Crippen LogP contribution in [0.25, 0.3) is 11.1 Å². The normalized spacial score (nSPS) is 9.93. The maximum atomic E-state index is 5.72. The van der Waals surface area contributed by atoms with Gasteiger partial charge < -0.3 is 10.5 Å². The Morgan fingerprint density at radius 1 is 1.13 bits per heavy atom. The Kier molecular flexibility index (Phi) is 2.49. The number of ether oxygens (including phenoxy) is 1. The summed E-state index contributed by atoms with van der Waals surface area (Å²) in [5.74, 6) is 0.663. The van der Waals surface area contributed by atoms with Crippen LogP contribution < -0.4 is 10.5 Å². The maximum absolute atomic E-state index is 5.72. The first kappa shape index (κ1) is 9.45. The molecule has 1 aromatic heterocycles. The smallest absolute Gasteiger partial charge is 0.142 e. The summed E-state index contributed by atoms with van der Waals surface area (Å²) in [4.78, 5) is 7.91. The summed E-state index contributed by atoms with van der Waals surface area (Å²) in [6.07, 6.45) is 4.99. The number of methoxy groups -OCH3 is 1. The molecule has 0 saturated carbocycles. The van der Waals surface area contributed by atoms with Gasteiger partial charge >= 0.3 is 0 Å². The fraction of sp³-hybridized carbons (Fsp3) is 0.0909. The highest BCUT2D eigenvalue weighted by Crippen LogP contribution is 2.27. The molecule has 2 N–H and O–H groups in total. The van der Waals surface area contributed by atoms with E-state index >= 15 is 0 Å². The van der Waals surface area contributed by atoms with Crippen LogP contribution in [-0.4, -0.2) is 17.1 Å². The number of nitrogens with zero attached hydrogens (tertiary/aromatic N) is 2. The van der Waals surface area contributed by atoms with Gasteiger partial charge in [-0.1, -0.05) is 6.07 Å². The van der Waals surface area contributed by atoms with Crippen molar-refractivity contribution in [3.63, 3.8) is 0 Å². The molecule has 1 heterocycles. The van der Waals surface area contributed by atoms with Crippen molar-refractivity contribution in [1.29, 1.82) is 0 Å². The van der Waals surface area contributed by atoms with E-state index in [9.17, 15) is 0 Å². The first-order valence-corrected chi connectivity index (χ1v) is 4.50. The maximum Gasteiger partial charge on any atom is 0.142 e. The van der Waals surface area contributed by atoms with Gasteiger partial charge in [-0.3, -0.25) is 0 Å². The zero-order chi connectivity index (χ0) is 10.7. The number of hydrogen-bond acceptors (Lipinski definition) is 4. The van der Waals surface area contributed by atoms with Crippen LogP contribution in [-0.2, 0) is 0 Å². The predicted molar refractivity (Wildman–Crippen MR) is 58.4 cm³/mol. The van der Waals surface area contributed by atoms with Crippen LogP contribution in [0.4, 0.5) is 5.69 Å². The van der Waals surface area contributed by atoms with E-state index < -0.39 is 0 Å². The number of nitrogen functional groups attached to an aromatic ring is 1. The van der Waals surface area contributed by atoms with Gasteiger partial charge in [-0.15, -0.1) is 0 Å². The summed E-state index contributed by atoms with van der Waals surface area (Å²) in [5.41, 5.74) is 8.27. The second kappa shape index (κ2) is 3.96. The molecule has 0 atom stereocenters. The summed E-state index contributed by atoms with van der Waals surface area (Å²) in [7, 11) is 1.59. The van der Waals surface area contributed by atoms with Gasteiger partial charge in [0.15, 0.2) is 0 Å². The average molecular weight is 201 g/mol. The van der Waals surface area contributed by atoms with Gasteiger partial charge in [-0.05, 0) is 17.7 Å².